The monoisotopic (exact) mass is 285 g/mol. The van der Waals surface area contributed by atoms with Gasteiger partial charge in [0.2, 0.25) is 5.91 Å². The van der Waals surface area contributed by atoms with E-state index in [4.69, 9.17) is 5.11 Å². The van der Waals surface area contributed by atoms with Crippen molar-refractivity contribution in [3.63, 3.8) is 0 Å². The predicted molar refractivity (Wildman–Crippen MR) is 70.1 cm³/mol. The van der Waals surface area contributed by atoms with Crippen molar-refractivity contribution in [2.45, 2.75) is 31.6 Å². The maximum atomic E-state index is 11.6. The molecule has 0 saturated heterocycles. The summed E-state index contributed by atoms with van der Waals surface area (Å²) in [7, 11) is 0. The number of carbonyl (C=O) groups excluding carboxylic acids is 1. The summed E-state index contributed by atoms with van der Waals surface area (Å²) in [6, 6.07) is 1.24. The van der Waals surface area contributed by atoms with Crippen molar-refractivity contribution in [1.29, 1.82) is 0 Å². The molecule has 104 valence electrons. The third kappa shape index (κ3) is 5.56. The minimum Gasteiger partial charge on any atom is -0.481 e. The molecule has 0 radical (unpaired) electrons. The van der Waals surface area contributed by atoms with Crippen LogP contribution in [-0.2, 0) is 16.1 Å². The zero-order valence-corrected chi connectivity index (χ0v) is 11.4. The van der Waals surface area contributed by atoms with Crippen LogP contribution in [0.3, 0.4) is 0 Å². The zero-order chi connectivity index (χ0) is 14.4. The van der Waals surface area contributed by atoms with Gasteiger partial charge in [-0.15, -0.1) is 0 Å². The molecular weight excluding hydrogens is 270 g/mol. The Morgan fingerprint density at radius 1 is 1.53 bits per heavy atom. The summed E-state index contributed by atoms with van der Waals surface area (Å²) in [5.41, 5.74) is -0.464. The highest BCUT2D eigenvalue weighted by Gasteiger charge is 2.10. The van der Waals surface area contributed by atoms with Gasteiger partial charge in [-0.25, -0.2) is 0 Å². The molecule has 0 bridgehead atoms. The summed E-state index contributed by atoms with van der Waals surface area (Å²) >= 11 is 0.902. The molecule has 1 aromatic heterocycles. The first-order chi connectivity index (χ1) is 8.88. The van der Waals surface area contributed by atoms with Crippen LogP contribution in [0.25, 0.3) is 0 Å². The van der Waals surface area contributed by atoms with Crippen molar-refractivity contribution in [2.75, 3.05) is 5.75 Å². The van der Waals surface area contributed by atoms with Crippen LogP contribution in [0.15, 0.2) is 22.2 Å². The lowest BCUT2D eigenvalue weighted by Crippen LogP contribution is -2.33. The molecule has 0 spiro atoms. The molecule has 0 saturated carbocycles. The number of carboxylic acid groups (broad SMARTS) is 1. The summed E-state index contributed by atoms with van der Waals surface area (Å²) < 4.78 is 1.45. The fourth-order valence-corrected chi connectivity index (χ4v) is 2.00. The van der Waals surface area contributed by atoms with Gasteiger partial charge in [0.05, 0.1) is 5.75 Å². The van der Waals surface area contributed by atoms with Gasteiger partial charge in [-0.3, -0.25) is 14.4 Å². The second-order valence-electron chi connectivity index (χ2n) is 4.08. The number of rotatable bonds is 6. The molecule has 0 atom stereocenters. The van der Waals surface area contributed by atoms with Crippen LogP contribution < -0.4 is 10.9 Å². The van der Waals surface area contributed by atoms with Crippen LogP contribution >= 0.6 is 11.8 Å². The average Bonchev–Trinajstić information content (AvgIpc) is 2.28. The first-order valence-corrected chi connectivity index (χ1v) is 6.58. The number of carbonyl (C=O) groups is 2. The molecule has 8 heteroatoms. The quantitative estimate of drug-likeness (QED) is 0.561. The van der Waals surface area contributed by atoms with Crippen LogP contribution in [0, 0.1) is 0 Å². The predicted octanol–water partition coefficient (Wildman–Crippen LogP) is -0.0554. The van der Waals surface area contributed by atoms with E-state index in [0.29, 0.717) is 0 Å². The summed E-state index contributed by atoms with van der Waals surface area (Å²) in [5, 5.41) is 11.5. The van der Waals surface area contributed by atoms with E-state index in [2.05, 4.69) is 10.3 Å². The number of carboxylic acids is 1. The first kappa shape index (κ1) is 15.2. The standard InChI is InChI=1S/C11H15N3O4S/c1-7(2)12-9(16)5-14-4-3-8(15)13-11(14)19-6-10(17)18/h3-4,7H,5-6H2,1-2H3,(H,12,16)(H,17,18). The second kappa shape index (κ2) is 6.93. The van der Waals surface area contributed by atoms with E-state index in [1.807, 2.05) is 13.8 Å². The lowest BCUT2D eigenvalue weighted by atomic mass is 10.4. The molecule has 1 aromatic rings. The smallest absolute Gasteiger partial charge is 0.313 e. The number of nitrogens with one attached hydrogen (secondary N) is 1. The normalized spacial score (nSPS) is 10.5. The molecular formula is C11H15N3O4S. The molecule has 2 N–H and O–H groups in total. The van der Waals surface area contributed by atoms with Gasteiger partial charge in [0.1, 0.15) is 6.54 Å². The highest BCUT2D eigenvalue weighted by molar-refractivity contribution is 7.99. The van der Waals surface area contributed by atoms with Crippen LogP contribution in [0.5, 0.6) is 0 Å². The molecule has 19 heavy (non-hydrogen) atoms. The second-order valence-corrected chi connectivity index (χ2v) is 5.02. The SMILES string of the molecule is CC(C)NC(=O)Cn1ccc(=O)nc1SCC(=O)O. The Kier molecular flexibility index (Phi) is 5.56. The molecule has 0 aliphatic heterocycles. The minimum absolute atomic E-state index is 0.00654. The van der Waals surface area contributed by atoms with Crippen molar-refractivity contribution in [2.24, 2.45) is 0 Å². The fourth-order valence-electron chi connectivity index (χ4n) is 1.30. The molecule has 1 rings (SSSR count). The third-order valence-corrected chi connectivity index (χ3v) is 2.91. The van der Waals surface area contributed by atoms with E-state index in [0.717, 1.165) is 11.8 Å². The van der Waals surface area contributed by atoms with E-state index in [9.17, 15) is 14.4 Å². The summed E-state index contributed by atoms with van der Waals surface area (Å²) in [6.45, 7) is 3.66. The van der Waals surface area contributed by atoms with Crippen LogP contribution in [0.2, 0.25) is 0 Å². The van der Waals surface area contributed by atoms with Crippen LogP contribution in [0.1, 0.15) is 13.8 Å². The fraction of sp³-hybridized carbons (Fsp3) is 0.455. The number of aliphatic carboxylic acids is 1. The molecule has 0 aliphatic carbocycles. The van der Waals surface area contributed by atoms with Crippen molar-refractivity contribution in [1.82, 2.24) is 14.9 Å². The lowest BCUT2D eigenvalue weighted by Gasteiger charge is -2.12. The first-order valence-electron chi connectivity index (χ1n) is 5.60. The zero-order valence-electron chi connectivity index (χ0n) is 10.6. The van der Waals surface area contributed by atoms with E-state index in [-0.39, 0.29) is 29.4 Å². The molecule has 0 aromatic carbocycles. The lowest BCUT2D eigenvalue weighted by molar-refractivity contribution is -0.133. The number of thioether (sulfide) groups is 1. The molecule has 0 unspecified atom stereocenters. The average molecular weight is 285 g/mol. The van der Waals surface area contributed by atoms with Gasteiger partial charge in [0.15, 0.2) is 5.16 Å². The molecule has 0 aliphatic rings. The van der Waals surface area contributed by atoms with Gasteiger partial charge in [-0.2, -0.15) is 4.98 Å². The number of amides is 1. The van der Waals surface area contributed by atoms with Crippen molar-refractivity contribution < 1.29 is 14.7 Å². The molecule has 1 heterocycles. The van der Waals surface area contributed by atoms with Gasteiger partial charge in [-0.1, -0.05) is 11.8 Å². The Bertz CT molecular complexity index is 527. The van der Waals surface area contributed by atoms with Crippen molar-refractivity contribution in [3.05, 3.63) is 22.6 Å². The van der Waals surface area contributed by atoms with Crippen LogP contribution in [-0.4, -0.2) is 38.3 Å². The van der Waals surface area contributed by atoms with E-state index in [1.165, 1.54) is 16.8 Å². The Morgan fingerprint density at radius 2 is 2.21 bits per heavy atom. The van der Waals surface area contributed by atoms with Crippen molar-refractivity contribution >= 4 is 23.6 Å². The highest BCUT2D eigenvalue weighted by Crippen LogP contribution is 2.13. The van der Waals surface area contributed by atoms with E-state index in [1.54, 1.807) is 0 Å². The van der Waals surface area contributed by atoms with Crippen LogP contribution in [0.4, 0.5) is 0 Å². The summed E-state index contributed by atoms with van der Waals surface area (Å²) in [4.78, 5) is 37.0. The van der Waals surface area contributed by atoms with Gasteiger partial charge < -0.3 is 15.0 Å². The van der Waals surface area contributed by atoms with Crippen molar-refractivity contribution in [3.8, 4) is 0 Å². The summed E-state index contributed by atoms with van der Waals surface area (Å²) in [6.07, 6.45) is 1.43. The number of hydrogen-bond donors (Lipinski definition) is 2. The van der Waals surface area contributed by atoms with E-state index < -0.39 is 11.5 Å². The molecule has 0 fully saturated rings. The Hall–Kier alpha value is -1.83. The molecule has 7 nitrogen and oxygen atoms in total. The molecule has 1 amide bonds. The Labute approximate surface area is 114 Å². The van der Waals surface area contributed by atoms with Gasteiger partial charge in [0, 0.05) is 18.3 Å². The maximum Gasteiger partial charge on any atom is 0.313 e. The maximum absolute atomic E-state index is 11.6. The highest BCUT2D eigenvalue weighted by atomic mass is 32.2. The van der Waals surface area contributed by atoms with E-state index >= 15 is 0 Å². The largest absolute Gasteiger partial charge is 0.481 e. The number of nitrogens with zero attached hydrogens (tertiary/aromatic N) is 2. The van der Waals surface area contributed by atoms with Gasteiger partial charge >= 0.3 is 5.97 Å². The number of aromatic nitrogens is 2. The number of hydrogen-bond acceptors (Lipinski definition) is 5. The summed E-state index contributed by atoms with van der Waals surface area (Å²) in [5.74, 6) is -1.46. The minimum atomic E-state index is -1.01. The third-order valence-electron chi connectivity index (χ3n) is 1.94. The topological polar surface area (TPSA) is 101 Å². The Morgan fingerprint density at radius 3 is 2.79 bits per heavy atom. The Balaban J connectivity index is 2.84. The van der Waals surface area contributed by atoms with Gasteiger partial charge in [-0.05, 0) is 13.8 Å². The van der Waals surface area contributed by atoms with Gasteiger partial charge in [0.25, 0.3) is 5.56 Å².